The summed E-state index contributed by atoms with van der Waals surface area (Å²) < 4.78 is 0. The molecule has 0 fully saturated rings. The molecule has 59 heavy (non-hydrogen) atoms. The maximum atomic E-state index is 4.78. The van der Waals surface area contributed by atoms with Gasteiger partial charge in [-0.2, -0.15) is 0 Å². The summed E-state index contributed by atoms with van der Waals surface area (Å²) in [5, 5.41) is 3.71. The Morgan fingerprint density at radius 3 is 1.95 bits per heavy atom. The molecule has 0 bridgehead atoms. The predicted octanol–water partition coefficient (Wildman–Crippen LogP) is 14.8. The van der Waals surface area contributed by atoms with Crippen LogP contribution in [0.25, 0.3) is 66.7 Å². The van der Waals surface area contributed by atoms with Gasteiger partial charge in [-0.1, -0.05) is 166 Å². The van der Waals surface area contributed by atoms with Crippen molar-refractivity contribution in [1.29, 1.82) is 0 Å². The van der Waals surface area contributed by atoms with Crippen molar-refractivity contribution in [3.63, 3.8) is 0 Å². The Balaban J connectivity index is 1.13. The van der Waals surface area contributed by atoms with Crippen LogP contribution in [-0.4, -0.2) is 4.98 Å². The van der Waals surface area contributed by atoms with Crippen molar-refractivity contribution < 1.29 is 0 Å². The van der Waals surface area contributed by atoms with Gasteiger partial charge in [0.25, 0.3) is 0 Å². The molecule has 0 aliphatic heterocycles. The maximum Gasteiger partial charge on any atom is 0.0714 e. The van der Waals surface area contributed by atoms with Gasteiger partial charge >= 0.3 is 0 Å². The number of para-hydroxylation sites is 1. The molecule has 0 amide bonds. The Kier molecular flexibility index (Phi) is 7.87. The fraction of sp³-hybridized carbons (Fsp3) is 0.0862. The number of benzene rings is 8. The highest BCUT2D eigenvalue weighted by molar-refractivity contribution is 6.02. The van der Waals surface area contributed by atoms with Crippen molar-refractivity contribution in [2.45, 2.75) is 31.6 Å². The molecule has 0 radical (unpaired) electrons. The second-order valence-electron chi connectivity index (χ2n) is 16.8. The molecular formula is C58H43N. The summed E-state index contributed by atoms with van der Waals surface area (Å²) in [6.07, 6.45) is 6.28. The van der Waals surface area contributed by atoms with E-state index in [2.05, 4.69) is 203 Å². The van der Waals surface area contributed by atoms with Crippen molar-refractivity contribution in [2.24, 2.45) is 0 Å². The van der Waals surface area contributed by atoms with Crippen LogP contribution in [0.1, 0.15) is 63.9 Å². The second kappa shape index (κ2) is 13.2. The van der Waals surface area contributed by atoms with Crippen LogP contribution in [0, 0.1) is 6.92 Å². The summed E-state index contributed by atoms with van der Waals surface area (Å²) in [4.78, 5) is 4.78. The van der Waals surface area contributed by atoms with E-state index in [4.69, 9.17) is 4.98 Å². The zero-order chi connectivity index (χ0) is 39.9. The molecule has 1 nitrogen and oxygen atoms in total. The van der Waals surface area contributed by atoms with Gasteiger partial charge in [0.05, 0.1) is 10.9 Å². The van der Waals surface area contributed by atoms with Gasteiger partial charge in [0.1, 0.15) is 0 Å². The maximum absolute atomic E-state index is 4.78. The standard InChI is InChI=1S/C58H43N/c1-5-38(30-39-17-13-12-16-37(39)2)41-25-28-48-50-34-52-51(35-54(50)58(53(48)33-41,45-19-8-6-9-20-45)46-21-10-7-11-22-46)49-29-26-42-31-40(24-27-47(42)56(49)57(52,3)4)44-32-43-18-14-15-23-55(43)59-36-44/h5-36H,1H2,2-4H3/b38-30+. The third kappa shape index (κ3) is 5.21. The SMILES string of the molecule is C=C/C(=C\c1ccccc1C)c1ccc2c(c1)C(c1ccccc1)(c1ccccc1)c1cc3c(cc1-2)C(C)(C)c1c-3ccc2cc(-c3cnc4ccccc4c3)ccc12. The van der Waals surface area contributed by atoms with E-state index in [9.17, 15) is 0 Å². The normalized spacial score (nSPS) is 14.5. The van der Waals surface area contributed by atoms with Gasteiger partial charge < -0.3 is 0 Å². The van der Waals surface area contributed by atoms with Crippen LogP contribution in [0.15, 0.2) is 195 Å². The Morgan fingerprint density at radius 1 is 0.542 bits per heavy atom. The number of rotatable bonds is 6. The van der Waals surface area contributed by atoms with Gasteiger partial charge in [-0.05, 0) is 144 Å². The van der Waals surface area contributed by atoms with Crippen LogP contribution in [-0.2, 0) is 10.8 Å². The lowest BCUT2D eigenvalue weighted by Gasteiger charge is -2.34. The molecule has 0 saturated carbocycles. The molecule has 11 rings (SSSR count). The van der Waals surface area contributed by atoms with Gasteiger partial charge in [0.2, 0.25) is 0 Å². The molecule has 2 aliphatic rings. The molecule has 280 valence electrons. The minimum Gasteiger partial charge on any atom is -0.256 e. The average Bonchev–Trinajstić information content (AvgIpc) is 3.70. The smallest absolute Gasteiger partial charge is 0.0714 e. The molecular weight excluding hydrogens is 711 g/mol. The topological polar surface area (TPSA) is 12.9 Å². The van der Waals surface area contributed by atoms with E-state index in [1.807, 2.05) is 18.3 Å². The molecule has 0 N–H and O–H groups in total. The first-order chi connectivity index (χ1) is 28.9. The number of fused-ring (bicyclic) bond motifs is 9. The number of allylic oxidation sites excluding steroid dienone is 2. The van der Waals surface area contributed by atoms with Crippen LogP contribution >= 0.6 is 0 Å². The highest BCUT2D eigenvalue weighted by Crippen LogP contribution is 2.61. The number of aryl methyl sites for hydroxylation is 1. The monoisotopic (exact) mass is 753 g/mol. The van der Waals surface area contributed by atoms with Crippen LogP contribution in [0.3, 0.4) is 0 Å². The van der Waals surface area contributed by atoms with Gasteiger partial charge in [-0.15, -0.1) is 0 Å². The predicted molar refractivity (Wildman–Crippen MR) is 249 cm³/mol. The highest BCUT2D eigenvalue weighted by Gasteiger charge is 2.48. The zero-order valence-corrected chi connectivity index (χ0v) is 33.6. The van der Waals surface area contributed by atoms with Crippen molar-refractivity contribution in [3.05, 3.63) is 245 Å². The summed E-state index contributed by atoms with van der Waals surface area (Å²) in [5.74, 6) is 0. The first kappa shape index (κ1) is 35.1. The summed E-state index contributed by atoms with van der Waals surface area (Å²) in [6, 6.07) is 65.3. The van der Waals surface area contributed by atoms with E-state index < -0.39 is 5.41 Å². The van der Waals surface area contributed by atoms with Crippen molar-refractivity contribution in [2.75, 3.05) is 0 Å². The Hall–Kier alpha value is -7.09. The van der Waals surface area contributed by atoms with Crippen LogP contribution in [0.4, 0.5) is 0 Å². The molecule has 0 saturated heterocycles. The molecule has 0 atom stereocenters. The molecule has 2 aliphatic carbocycles. The minimum atomic E-state index is -0.542. The van der Waals surface area contributed by atoms with Gasteiger partial charge in [-0.25, -0.2) is 0 Å². The molecule has 1 heterocycles. The molecule has 0 spiro atoms. The lowest BCUT2D eigenvalue weighted by molar-refractivity contribution is 0.666. The first-order valence-electron chi connectivity index (χ1n) is 20.6. The molecule has 8 aromatic carbocycles. The lowest BCUT2D eigenvalue weighted by atomic mass is 9.67. The number of nitrogens with zero attached hydrogens (tertiary/aromatic N) is 1. The first-order valence-corrected chi connectivity index (χ1v) is 20.6. The van der Waals surface area contributed by atoms with Crippen LogP contribution < -0.4 is 0 Å². The third-order valence-electron chi connectivity index (χ3n) is 13.3. The lowest BCUT2D eigenvalue weighted by Crippen LogP contribution is -2.28. The van der Waals surface area contributed by atoms with Crippen molar-refractivity contribution in [1.82, 2.24) is 4.98 Å². The molecule has 1 aromatic heterocycles. The fourth-order valence-corrected chi connectivity index (χ4v) is 10.4. The summed E-state index contributed by atoms with van der Waals surface area (Å²) in [7, 11) is 0. The van der Waals surface area contributed by atoms with Gasteiger partial charge in [-0.3, -0.25) is 4.98 Å². The fourth-order valence-electron chi connectivity index (χ4n) is 10.4. The second-order valence-corrected chi connectivity index (χ2v) is 16.8. The van der Waals surface area contributed by atoms with Crippen molar-refractivity contribution in [3.8, 4) is 33.4 Å². The summed E-state index contributed by atoms with van der Waals surface area (Å²) in [5.41, 5.74) is 20.4. The Bertz CT molecular complexity index is 3160. The zero-order valence-electron chi connectivity index (χ0n) is 33.6. The van der Waals surface area contributed by atoms with E-state index in [-0.39, 0.29) is 5.41 Å². The Morgan fingerprint density at radius 2 is 1.19 bits per heavy atom. The third-order valence-corrected chi connectivity index (χ3v) is 13.3. The van der Waals surface area contributed by atoms with E-state index in [0.717, 1.165) is 27.6 Å². The summed E-state index contributed by atoms with van der Waals surface area (Å²) in [6.45, 7) is 11.3. The van der Waals surface area contributed by atoms with E-state index in [0.29, 0.717) is 0 Å². The minimum absolute atomic E-state index is 0.220. The highest BCUT2D eigenvalue weighted by atomic mass is 14.6. The van der Waals surface area contributed by atoms with Crippen LogP contribution in [0.2, 0.25) is 0 Å². The number of aromatic nitrogens is 1. The van der Waals surface area contributed by atoms with Gasteiger partial charge in [0, 0.05) is 22.6 Å². The average molecular weight is 754 g/mol. The number of hydrogen-bond acceptors (Lipinski definition) is 1. The summed E-state index contributed by atoms with van der Waals surface area (Å²) >= 11 is 0. The quantitative estimate of drug-likeness (QED) is 0.122. The van der Waals surface area contributed by atoms with Crippen molar-refractivity contribution >= 4 is 33.3 Å². The number of hydrogen-bond donors (Lipinski definition) is 0. The Labute approximate surface area is 346 Å². The molecule has 1 heteroatoms. The largest absolute Gasteiger partial charge is 0.256 e. The molecule has 0 unspecified atom stereocenters. The van der Waals surface area contributed by atoms with E-state index in [1.54, 1.807) is 0 Å². The van der Waals surface area contributed by atoms with E-state index in [1.165, 1.54) is 83.1 Å². The van der Waals surface area contributed by atoms with Crippen LogP contribution in [0.5, 0.6) is 0 Å². The molecule has 9 aromatic rings. The number of pyridine rings is 1. The van der Waals surface area contributed by atoms with E-state index >= 15 is 0 Å². The van der Waals surface area contributed by atoms with Gasteiger partial charge in [0.15, 0.2) is 0 Å².